The van der Waals surface area contributed by atoms with E-state index in [2.05, 4.69) is 11.4 Å². The first kappa shape index (κ1) is 17.9. The Kier molecular flexibility index (Phi) is 7.73. The van der Waals surface area contributed by atoms with Crippen LogP contribution in [-0.2, 0) is 26.0 Å². The minimum absolute atomic E-state index is 0. The molecule has 4 nitrogen and oxygen atoms in total. The molecule has 1 rings (SSSR count). The Hall–Kier alpha value is -1.06. The van der Waals surface area contributed by atoms with Crippen molar-refractivity contribution in [3.63, 3.8) is 0 Å². The summed E-state index contributed by atoms with van der Waals surface area (Å²) in [5.74, 6) is -0.328. The van der Waals surface area contributed by atoms with Gasteiger partial charge >= 0.3 is 5.97 Å². The van der Waals surface area contributed by atoms with Crippen molar-refractivity contribution in [1.29, 1.82) is 0 Å². The van der Waals surface area contributed by atoms with Crippen molar-refractivity contribution in [2.45, 2.75) is 26.4 Å². The van der Waals surface area contributed by atoms with Gasteiger partial charge in [0.2, 0.25) is 0 Å². The monoisotopic (exact) mass is 308 g/mol. The van der Waals surface area contributed by atoms with Crippen LogP contribution in [0.4, 0.5) is 5.69 Å². The van der Waals surface area contributed by atoms with Crippen molar-refractivity contribution >= 4 is 11.7 Å². The van der Waals surface area contributed by atoms with E-state index >= 15 is 0 Å². The molecule has 19 heavy (non-hydrogen) atoms. The number of rotatable bonds is 5. The Morgan fingerprint density at radius 2 is 2.11 bits per heavy atom. The average molecular weight is 309 g/mol. The number of hydrogen-bond acceptors (Lipinski definition) is 4. The quantitative estimate of drug-likeness (QED) is 0.393. The van der Waals surface area contributed by atoms with E-state index in [9.17, 15) is 4.79 Å². The molecule has 0 unspecified atom stereocenters. The molecule has 0 atom stereocenters. The summed E-state index contributed by atoms with van der Waals surface area (Å²) in [4.78, 5) is 11.9. The van der Waals surface area contributed by atoms with Gasteiger partial charge < -0.3 is 14.8 Å². The summed E-state index contributed by atoms with van der Waals surface area (Å²) in [7, 11) is 1.64. The molecule has 0 spiro atoms. The fourth-order valence-corrected chi connectivity index (χ4v) is 1.32. The fourth-order valence-electron chi connectivity index (χ4n) is 1.32. The van der Waals surface area contributed by atoms with Crippen molar-refractivity contribution in [1.82, 2.24) is 0 Å². The van der Waals surface area contributed by atoms with Crippen LogP contribution in [0, 0.1) is 6.07 Å². The topological polar surface area (TPSA) is 47.6 Å². The van der Waals surface area contributed by atoms with Crippen LogP contribution < -0.4 is 5.32 Å². The number of methoxy groups -OCH3 is 1. The average Bonchev–Trinajstić information content (AvgIpc) is 2.27. The predicted octanol–water partition coefficient (Wildman–Crippen LogP) is 2.50. The molecule has 1 N–H and O–H groups in total. The molecule has 1 aromatic carbocycles. The number of carbonyl (C=O) groups excluding carboxylic acids is 1. The van der Waals surface area contributed by atoms with E-state index in [1.807, 2.05) is 20.8 Å². The van der Waals surface area contributed by atoms with Crippen molar-refractivity contribution in [3.8, 4) is 0 Å². The molecule has 0 bridgehead atoms. The molecule has 0 radical (unpaired) electrons. The van der Waals surface area contributed by atoms with E-state index in [4.69, 9.17) is 9.47 Å². The van der Waals surface area contributed by atoms with Gasteiger partial charge in [-0.05, 0) is 26.3 Å². The van der Waals surface area contributed by atoms with E-state index in [1.165, 1.54) is 0 Å². The number of ether oxygens (including phenoxy) is 2. The van der Waals surface area contributed by atoms with Crippen molar-refractivity contribution in [2.75, 3.05) is 25.6 Å². The number of carbonyl (C=O) groups is 1. The molecule has 0 fully saturated rings. The van der Waals surface area contributed by atoms with Gasteiger partial charge in [-0.1, -0.05) is 5.69 Å². The zero-order chi connectivity index (χ0) is 13.6. The fraction of sp³-hybridized carbons (Fsp3) is 0.500. The number of esters is 1. The zero-order valence-electron chi connectivity index (χ0n) is 11.7. The van der Waals surface area contributed by atoms with E-state index in [0.29, 0.717) is 18.7 Å². The third kappa shape index (κ3) is 7.19. The molecule has 0 saturated carbocycles. The standard InChI is InChI=1S/C14H20NO3.Ni/c1-14(2,3)18-13(16)11-6-5-7-12(10-11)15-8-9-17-4;/h5-6,10,15H,8-9H2,1-4H3;/q-1;. The molecule has 0 aliphatic rings. The van der Waals surface area contributed by atoms with Crippen molar-refractivity contribution in [3.05, 3.63) is 29.8 Å². The van der Waals surface area contributed by atoms with Gasteiger partial charge in [0.15, 0.2) is 0 Å². The summed E-state index contributed by atoms with van der Waals surface area (Å²) < 4.78 is 10.2. The Balaban J connectivity index is 0.00000324. The maximum Gasteiger partial charge on any atom is 0.314 e. The minimum atomic E-state index is -0.486. The molecule has 0 heterocycles. The number of anilines is 1. The van der Waals surface area contributed by atoms with Gasteiger partial charge in [0.1, 0.15) is 5.60 Å². The van der Waals surface area contributed by atoms with E-state index < -0.39 is 5.60 Å². The largest absolute Gasteiger partial charge is 0.458 e. The van der Waals surface area contributed by atoms with Gasteiger partial charge in [-0.25, -0.2) is 4.79 Å². The zero-order valence-corrected chi connectivity index (χ0v) is 12.7. The van der Waals surface area contributed by atoms with Gasteiger partial charge in [0, 0.05) is 30.1 Å². The van der Waals surface area contributed by atoms with Crippen LogP contribution in [0.15, 0.2) is 18.2 Å². The molecule has 110 valence electrons. The Morgan fingerprint density at radius 3 is 2.68 bits per heavy atom. The predicted molar refractivity (Wildman–Crippen MR) is 70.8 cm³/mol. The van der Waals surface area contributed by atoms with Crippen LogP contribution in [0.5, 0.6) is 0 Å². The first-order chi connectivity index (χ1) is 8.42. The van der Waals surface area contributed by atoms with E-state index in [-0.39, 0.29) is 22.5 Å². The molecule has 5 heteroatoms. The van der Waals surface area contributed by atoms with Gasteiger partial charge in [-0.3, -0.25) is 0 Å². The maximum atomic E-state index is 11.9. The molecule has 0 aliphatic heterocycles. The SMILES string of the molecule is COCCNc1[c-]ccc(C(=O)OC(C)(C)C)c1.[Ni]. The van der Waals surface area contributed by atoms with E-state index in [1.54, 1.807) is 25.3 Å². The molecule has 0 aliphatic carbocycles. The first-order valence-corrected chi connectivity index (χ1v) is 5.90. The van der Waals surface area contributed by atoms with Gasteiger partial charge in [0.25, 0.3) is 0 Å². The molecular formula is C14H20NNiO3-. The summed E-state index contributed by atoms with van der Waals surface area (Å²) in [5.41, 5.74) is 0.791. The normalized spacial score (nSPS) is 10.5. The Labute approximate surface area is 124 Å². The van der Waals surface area contributed by atoms with Crippen molar-refractivity contribution < 1.29 is 30.8 Å². The number of benzene rings is 1. The smallest absolute Gasteiger partial charge is 0.314 e. The summed E-state index contributed by atoms with van der Waals surface area (Å²) in [6, 6.07) is 8.13. The summed E-state index contributed by atoms with van der Waals surface area (Å²) >= 11 is 0. The molecule has 1 aromatic rings. The van der Waals surface area contributed by atoms with Crippen LogP contribution in [0.2, 0.25) is 0 Å². The molecule has 0 aromatic heterocycles. The Morgan fingerprint density at radius 1 is 1.42 bits per heavy atom. The minimum Gasteiger partial charge on any atom is -0.458 e. The second-order valence-electron chi connectivity index (χ2n) is 4.91. The summed E-state index contributed by atoms with van der Waals surface area (Å²) in [5, 5.41) is 3.12. The number of hydrogen-bond donors (Lipinski definition) is 1. The van der Waals surface area contributed by atoms with Crippen LogP contribution in [0.25, 0.3) is 0 Å². The van der Waals surface area contributed by atoms with Crippen LogP contribution >= 0.6 is 0 Å². The second kappa shape index (κ2) is 8.18. The third-order valence-electron chi connectivity index (χ3n) is 2.06. The van der Waals surface area contributed by atoms with Crippen LogP contribution in [0.3, 0.4) is 0 Å². The molecular weight excluding hydrogens is 289 g/mol. The Bertz CT molecular complexity index is 402. The summed E-state index contributed by atoms with van der Waals surface area (Å²) in [6.07, 6.45) is 0. The summed E-state index contributed by atoms with van der Waals surface area (Å²) in [6.45, 7) is 6.81. The molecule has 0 amide bonds. The van der Waals surface area contributed by atoms with Crippen molar-refractivity contribution in [2.24, 2.45) is 0 Å². The molecule has 0 saturated heterocycles. The van der Waals surface area contributed by atoms with Gasteiger partial charge in [-0.15, -0.1) is 6.07 Å². The first-order valence-electron chi connectivity index (χ1n) is 5.90. The van der Waals surface area contributed by atoms with E-state index in [0.717, 1.165) is 5.69 Å². The van der Waals surface area contributed by atoms with Crippen LogP contribution in [0.1, 0.15) is 31.1 Å². The van der Waals surface area contributed by atoms with Gasteiger partial charge in [0.05, 0.1) is 6.61 Å². The van der Waals surface area contributed by atoms with Crippen LogP contribution in [-0.4, -0.2) is 31.8 Å². The van der Waals surface area contributed by atoms with Gasteiger partial charge in [-0.2, -0.15) is 18.2 Å². The second-order valence-corrected chi connectivity index (χ2v) is 4.91. The number of nitrogens with one attached hydrogen (secondary N) is 1. The maximum absolute atomic E-state index is 11.9. The third-order valence-corrected chi connectivity index (χ3v) is 2.06.